The lowest BCUT2D eigenvalue weighted by atomic mass is 9.84. The van der Waals surface area contributed by atoms with Crippen LogP contribution < -0.4 is 5.32 Å². The molecule has 19 heavy (non-hydrogen) atoms. The number of hydrogen-bond donors (Lipinski definition) is 2. The van der Waals surface area contributed by atoms with Crippen molar-refractivity contribution in [2.45, 2.75) is 65.3 Å². The Morgan fingerprint density at radius 3 is 2.58 bits per heavy atom. The molecule has 1 unspecified atom stereocenters. The van der Waals surface area contributed by atoms with Gasteiger partial charge in [-0.15, -0.1) is 0 Å². The van der Waals surface area contributed by atoms with E-state index >= 15 is 0 Å². The molecular weight excluding hydrogens is 236 g/mol. The molecule has 0 aromatic carbocycles. The molecule has 1 aliphatic rings. The first-order valence-electron chi connectivity index (χ1n) is 8.05. The summed E-state index contributed by atoms with van der Waals surface area (Å²) < 4.78 is 0. The second kappa shape index (κ2) is 7.61. The zero-order valence-electron chi connectivity index (χ0n) is 13.5. The third-order valence-corrected chi connectivity index (χ3v) is 4.64. The Bertz CT molecular complexity index is 249. The molecule has 0 aliphatic carbocycles. The molecule has 1 heterocycles. The highest BCUT2D eigenvalue weighted by molar-refractivity contribution is 4.86. The van der Waals surface area contributed by atoms with Crippen LogP contribution in [0.5, 0.6) is 0 Å². The fourth-order valence-corrected chi connectivity index (χ4v) is 3.39. The lowest BCUT2D eigenvalue weighted by molar-refractivity contribution is 0.103. The fraction of sp³-hybridized carbons (Fsp3) is 1.00. The average molecular weight is 270 g/mol. The van der Waals surface area contributed by atoms with Crippen LogP contribution in [-0.4, -0.2) is 48.3 Å². The van der Waals surface area contributed by atoms with Gasteiger partial charge in [0, 0.05) is 12.1 Å². The number of aliphatic hydroxyl groups is 1. The third-order valence-electron chi connectivity index (χ3n) is 4.64. The van der Waals surface area contributed by atoms with E-state index in [4.69, 9.17) is 0 Å². The van der Waals surface area contributed by atoms with Gasteiger partial charge in [0.2, 0.25) is 0 Å². The summed E-state index contributed by atoms with van der Waals surface area (Å²) in [6.45, 7) is 13.9. The van der Waals surface area contributed by atoms with E-state index in [1.165, 1.54) is 38.9 Å². The van der Waals surface area contributed by atoms with Gasteiger partial charge in [0.05, 0.1) is 6.61 Å². The van der Waals surface area contributed by atoms with Gasteiger partial charge in [-0.25, -0.2) is 0 Å². The van der Waals surface area contributed by atoms with Gasteiger partial charge >= 0.3 is 0 Å². The van der Waals surface area contributed by atoms with Crippen LogP contribution >= 0.6 is 0 Å². The average Bonchev–Trinajstić information content (AvgIpc) is 2.36. The van der Waals surface area contributed by atoms with E-state index in [2.05, 4.69) is 37.9 Å². The molecule has 3 heteroatoms. The molecule has 1 saturated heterocycles. The van der Waals surface area contributed by atoms with Crippen molar-refractivity contribution >= 4 is 0 Å². The molecule has 3 nitrogen and oxygen atoms in total. The van der Waals surface area contributed by atoms with Crippen molar-refractivity contribution in [3.05, 3.63) is 0 Å². The lowest BCUT2D eigenvalue weighted by Crippen LogP contribution is -2.48. The lowest BCUT2D eigenvalue weighted by Gasteiger charge is -2.39. The van der Waals surface area contributed by atoms with Gasteiger partial charge in [-0.1, -0.05) is 27.7 Å². The Balaban J connectivity index is 2.35. The van der Waals surface area contributed by atoms with Crippen molar-refractivity contribution in [2.75, 3.05) is 32.8 Å². The number of nitrogens with zero attached hydrogens (tertiary/aromatic N) is 1. The largest absolute Gasteiger partial charge is 0.394 e. The van der Waals surface area contributed by atoms with Crippen molar-refractivity contribution in [1.29, 1.82) is 0 Å². The molecule has 2 N–H and O–H groups in total. The van der Waals surface area contributed by atoms with E-state index in [-0.39, 0.29) is 12.1 Å². The molecule has 1 atom stereocenters. The quantitative estimate of drug-likeness (QED) is 0.712. The normalized spacial score (nSPS) is 23.2. The van der Waals surface area contributed by atoms with Gasteiger partial charge in [0.1, 0.15) is 0 Å². The standard InChI is InChI=1S/C16H34N2O/c1-5-16(14-19,17-6-2)10-8-12-18-11-7-9-15(3,4)13-18/h17,19H,5-14H2,1-4H3. The van der Waals surface area contributed by atoms with E-state index in [1.807, 2.05) is 0 Å². The number of piperidine rings is 1. The first-order chi connectivity index (χ1) is 8.97. The van der Waals surface area contributed by atoms with Crippen LogP contribution in [-0.2, 0) is 0 Å². The topological polar surface area (TPSA) is 35.5 Å². The Labute approximate surface area is 119 Å². The van der Waals surface area contributed by atoms with Crippen LogP contribution in [0.3, 0.4) is 0 Å². The number of rotatable bonds is 8. The van der Waals surface area contributed by atoms with Crippen molar-refractivity contribution in [2.24, 2.45) is 5.41 Å². The SMILES string of the molecule is CCNC(CC)(CO)CCCN1CCCC(C)(C)C1. The summed E-state index contributed by atoms with van der Waals surface area (Å²) >= 11 is 0. The molecule has 0 amide bonds. The molecule has 1 fully saturated rings. The van der Waals surface area contributed by atoms with Crippen LogP contribution in [0.2, 0.25) is 0 Å². The minimum Gasteiger partial charge on any atom is -0.394 e. The van der Waals surface area contributed by atoms with Crippen LogP contribution in [0, 0.1) is 5.41 Å². The first-order valence-corrected chi connectivity index (χ1v) is 8.05. The predicted octanol–water partition coefficient (Wildman–Crippen LogP) is 2.64. The van der Waals surface area contributed by atoms with Gasteiger partial charge in [-0.2, -0.15) is 0 Å². The maximum absolute atomic E-state index is 9.65. The highest BCUT2D eigenvalue weighted by atomic mass is 16.3. The zero-order valence-corrected chi connectivity index (χ0v) is 13.5. The van der Waals surface area contributed by atoms with Gasteiger partial charge < -0.3 is 15.3 Å². The number of likely N-dealkylation sites (N-methyl/N-ethyl adjacent to an activating group) is 1. The van der Waals surface area contributed by atoms with E-state index in [9.17, 15) is 5.11 Å². The van der Waals surface area contributed by atoms with E-state index in [0.717, 1.165) is 19.4 Å². The molecule has 0 bridgehead atoms. The summed E-state index contributed by atoms with van der Waals surface area (Å²) in [5.41, 5.74) is 0.429. The summed E-state index contributed by atoms with van der Waals surface area (Å²) in [5.74, 6) is 0. The van der Waals surface area contributed by atoms with Gasteiger partial charge in [-0.05, 0) is 57.2 Å². The second-order valence-electron chi connectivity index (χ2n) is 6.97. The van der Waals surface area contributed by atoms with E-state index in [1.54, 1.807) is 0 Å². The summed E-state index contributed by atoms with van der Waals surface area (Å²) in [5, 5.41) is 13.1. The molecule has 0 aromatic rings. The monoisotopic (exact) mass is 270 g/mol. The Hall–Kier alpha value is -0.120. The molecule has 1 aliphatic heterocycles. The van der Waals surface area contributed by atoms with Gasteiger partial charge in [0.15, 0.2) is 0 Å². The Morgan fingerprint density at radius 1 is 1.32 bits per heavy atom. The van der Waals surface area contributed by atoms with Crippen molar-refractivity contribution in [3.8, 4) is 0 Å². The predicted molar refractivity (Wildman–Crippen MR) is 82.5 cm³/mol. The fourth-order valence-electron chi connectivity index (χ4n) is 3.39. The zero-order chi connectivity index (χ0) is 14.4. The number of hydrogen-bond acceptors (Lipinski definition) is 3. The number of likely N-dealkylation sites (tertiary alicyclic amines) is 1. The highest BCUT2D eigenvalue weighted by Crippen LogP contribution is 2.28. The van der Waals surface area contributed by atoms with Crippen molar-refractivity contribution in [3.63, 3.8) is 0 Å². The second-order valence-corrected chi connectivity index (χ2v) is 6.97. The van der Waals surface area contributed by atoms with Gasteiger partial charge in [-0.3, -0.25) is 0 Å². The number of nitrogens with one attached hydrogen (secondary N) is 1. The molecule has 1 rings (SSSR count). The molecule has 114 valence electrons. The molecular formula is C16H34N2O. The summed E-state index contributed by atoms with van der Waals surface area (Å²) in [7, 11) is 0. The van der Waals surface area contributed by atoms with Crippen LogP contribution in [0.4, 0.5) is 0 Å². The summed E-state index contributed by atoms with van der Waals surface area (Å²) in [4.78, 5) is 2.60. The van der Waals surface area contributed by atoms with Crippen LogP contribution in [0.1, 0.15) is 59.8 Å². The van der Waals surface area contributed by atoms with Crippen LogP contribution in [0.25, 0.3) is 0 Å². The molecule has 0 radical (unpaired) electrons. The minimum atomic E-state index is -0.0555. The van der Waals surface area contributed by atoms with Crippen molar-refractivity contribution < 1.29 is 5.11 Å². The summed E-state index contributed by atoms with van der Waals surface area (Å²) in [6, 6.07) is 0. The third kappa shape index (κ3) is 5.41. The van der Waals surface area contributed by atoms with Crippen molar-refractivity contribution in [1.82, 2.24) is 10.2 Å². The maximum Gasteiger partial charge on any atom is 0.0613 e. The smallest absolute Gasteiger partial charge is 0.0613 e. The maximum atomic E-state index is 9.65. The van der Waals surface area contributed by atoms with E-state index < -0.39 is 0 Å². The first kappa shape index (κ1) is 16.9. The number of aliphatic hydroxyl groups excluding tert-OH is 1. The van der Waals surface area contributed by atoms with Crippen LogP contribution in [0.15, 0.2) is 0 Å². The summed E-state index contributed by atoms with van der Waals surface area (Å²) in [6.07, 6.45) is 5.95. The Morgan fingerprint density at radius 2 is 2.05 bits per heavy atom. The van der Waals surface area contributed by atoms with E-state index in [0.29, 0.717) is 5.41 Å². The minimum absolute atomic E-state index is 0.0555. The molecule has 0 saturated carbocycles. The highest BCUT2D eigenvalue weighted by Gasteiger charge is 2.28. The Kier molecular flexibility index (Phi) is 6.78. The van der Waals surface area contributed by atoms with Gasteiger partial charge in [0.25, 0.3) is 0 Å². The molecule has 0 aromatic heterocycles. The molecule has 0 spiro atoms.